The van der Waals surface area contributed by atoms with Gasteiger partial charge in [0.25, 0.3) is 5.91 Å². The number of aromatic nitrogens is 3. The van der Waals surface area contributed by atoms with Gasteiger partial charge in [0, 0.05) is 28.4 Å². The minimum atomic E-state index is -0.251. The fraction of sp³-hybridized carbons (Fsp3) is 0.0500. The van der Waals surface area contributed by atoms with Crippen LogP contribution in [0.4, 0.5) is 5.69 Å². The molecule has 1 amide bonds. The van der Waals surface area contributed by atoms with E-state index in [2.05, 4.69) is 20.5 Å². The molecule has 0 fully saturated rings. The highest BCUT2D eigenvalue weighted by Gasteiger charge is 2.14. The third kappa shape index (κ3) is 3.35. The summed E-state index contributed by atoms with van der Waals surface area (Å²) in [6.45, 7) is 0. The fourth-order valence-corrected chi connectivity index (χ4v) is 3.10. The lowest BCUT2D eigenvalue weighted by molar-refractivity contribution is 0.102. The average Bonchev–Trinajstić information content (AvgIpc) is 3.15. The van der Waals surface area contributed by atoms with Crippen molar-refractivity contribution in [1.82, 2.24) is 15.2 Å². The van der Waals surface area contributed by atoms with Crippen molar-refractivity contribution in [3.63, 3.8) is 0 Å². The Labute approximate surface area is 160 Å². The number of aromatic amines is 1. The van der Waals surface area contributed by atoms with Gasteiger partial charge in [-0.3, -0.25) is 14.9 Å². The van der Waals surface area contributed by atoms with Crippen LogP contribution < -0.4 is 10.1 Å². The Morgan fingerprint density at radius 2 is 2.07 bits per heavy atom. The molecule has 27 heavy (non-hydrogen) atoms. The van der Waals surface area contributed by atoms with Crippen molar-refractivity contribution in [1.29, 1.82) is 0 Å². The molecule has 0 saturated carbocycles. The monoisotopic (exact) mass is 378 g/mol. The summed E-state index contributed by atoms with van der Waals surface area (Å²) >= 11 is 6.42. The van der Waals surface area contributed by atoms with Gasteiger partial charge >= 0.3 is 0 Å². The third-order valence-electron chi connectivity index (χ3n) is 4.18. The Morgan fingerprint density at radius 3 is 2.89 bits per heavy atom. The molecule has 2 heterocycles. The molecule has 4 rings (SSSR count). The van der Waals surface area contributed by atoms with Crippen LogP contribution in [0.25, 0.3) is 22.2 Å². The highest BCUT2D eigenvalue weighted by molar-refractivity contribution is 6.33. The molecule has 0 unspecified atom stereocenters. The van der Waals surface area contributed by atoms with Crippen molar-refractivity contribution < 1.29 is 9.53 Å². The molecule has 134 valence electrons. The minimum Gasteiger partial charge on any atom is -0.494 e. The molecule has 0 atom stereocenters. The number of H-pyrrole nitrogens is 1. The number of hydrogen-bond acceptors (Lipinski definition) is 4. The van der Waals surface area contributed by atoms with E-state index >= 15 is 0 Å². The van der Waals surface area contributed by atoms with Gasteiger partial charge in [0.15, 0.2) is 0 Å². The Morgan fingerprint density at radius 1 is 1.19 bits per heavy atom. The molecule has 0 aliphatic carbocycles. The van der Waals surface area contributed by atoms with E-state index in [0.29, 0.717) is 33.3 Å². The van der Waals surface area contributed by atoms with Gasteiger partial charge in [0.05, 0.1) is 23.8 Å². The molecule has 0 aliphatic rings. The predicted molar refractivity (Wildman–Crippen MR) is 105 cm³/mol. The lowest BCUT2D eigenvalue weighted by Gasteiger charge is -2.10. The summed E-state index contributed by atoms with van der Waals surface area (Å²) in [4.78, 5) is 16.9. The highest BCUT2D eigenvalue weighted by atomic mass is 35.5. The summed E-state index contributed by atoms with van der Waals surface area (Å²) in [5, 5.41) is 11.1. The van der Waals surface area contributed by atoms with Gasteiger partial charge in [-0.05, 0) is 42.5 Å². The first kappa shape index (κ1) is 17.1. The number of ether oxygens (including phenoxy) is 1. The zero-order valence-electron chi connectivity index (χ0n) is 14.4. The van der Waals surface area contributed by atoms with E-state index in [1.54, 1.807) is 43.8 Å². The molecule has 0 bridgehead atoms. The number of amides is 1. The minimum absolute atomic E-state index is 0.251. The number of nitrogens with one attached hydrogen (secondary N) is 2. The quantitative estimate of drug-likeness (QED) is 0.546. The molecular weight excluding hydrogens is 364 g/mol. The first-order chi connectivity index (χ1) is 13.2. The van der Waals surface area contributed by atoms with E-state index in [4.69, 9.17) is 16.3 Å². The van der Waals surface area contributed by atoms with Crippen LogP contribution in [-0.2, 0) is 0 Å². The highest BCUT2D eigenvalue weighted by Crippen LogP contribution is 2.33. The molecule has 4 aromatic rings. The third-order valence-corrected chi connectivity index (χ3v) is 4.49. The maximum atomic E-state index is 12.6. The van der Waals surface area contributed by atoms with Crippen LogP contribution in [0.2, 0.25) is 5.02 Å². The van der Waals surface area contributed by atoms with Gasteiger partial charge < -0.3 is 10.1 Å². The topological polar surface area (TPSA) is 79.9 Å². The van der Waals surface area contributed by atoms with Crippen LogP contribution in [0.15, 0.2) is 60.9 Å². The Kier molecular flexibility index (Phi) is 4.48. The molecule has 0 aliphatic heterocycles. The van der Waals surface area contributed by atoms with Gasteiger partial charge in [-0.15, -0.1) is 0 Å². The van der Waals surface area contributed by atoms with Crippen molar-refractivity contribution in [2.24, 2.45) is 0 Å². The fourth-order valence-electron chi connectivity index (χ4n) is 2.83. The SMILES string of the molecule is COc1cccnc1-c1ccc(C(=O)Nc2ccc3[nH]ncc3c2)cc1Cl. The van der Waals surface area contributed by atoms with Crippen LogP contribution in [0.1, 0.15) is 10.4 Å². The molecular formula is C20H15ClN4O2. The summed E-state index contributed by atoms with van der Waals surface area (Å²) in [6, 6.07) is 14.2. The maximum Gasteiger partial charge on any atom is 0.255 e. The second kappa shape index (κ2) is 7.09. The summed E-state index contributed by atoms with van der Waals surface area (Å²) in [5.41, 5.74) is 3.36. The standard InChI is InChI=1S/C20H15ClN4O2/c1-27-18-3-2-8-22-19(18)15-6-4-12(10-16(15)21)20(26)24-14-5-7-17-13(9-14)11-23-25-17/h2-11H,1H3,(H,23,25)(H,24,26). The van der Waals surface area contributed by atoms with Gasteiger partial charge in [-0.2, -0.15) is 5.10 Å². The largest absolute Gasteiger partial charge is 0.494 e. The maximum absolute atomic E-state index is 12.6. The Balaban J connectivity index is 1.60. The van der Waals surface area contributed by atoms with Gasteiger partial charge in [0.1, 0.15) is 11.4 Å². The van der Waals surface area contributed by atoms with E-state index in [-0.39, 0.29) is 5.91 Å². The number of hydrogen-bond donors (Lipinski definition) is 2. The number of anilines is 1. The zero-order valence-corrected chi connectivity index (χ0v) is 15.1. The predicted octanol–water partition coefficient (Wildman–Crippen LogP) is 4.54. The van der Waals surface area contributed by atoms with Crippen molar-refractivity contribution in [3.8, 4) is 17.0 Å². The van der Waals surface area contributed by atoms with Gasteiger partial charge in [-0.25, -0.2) is 0 Å². The summed E-state index contributed by atoms with van der Waals surface area (Å²) in [6.07, 6.45) is 3.37. The number of fused-ring (bicyclic) bond motifs is 1. The first-order valence-corrected chi connectivity index (χ1v) is 8.57. The van der Waals surface area contributed by atoms with Crippen LogP contribution in [0.3, 0.4) is 0 Å². The second-order valence-electron chi connectivity index (χ2n) is 5.88. The van der Waals surface area contributed by atoms with Crippen molar-refractivity contribution >= 4 is 34.1 Å². The summed E-state index contributed by atoms with van der Waals surface area (Å²) in [7, 11) is 1.58. The molecule has 2 aromatic carbocycles. The van der Waals surface area contributed by atoms with E-state index in [1.807, 2.05) is 24.3 Å². The Bertz CT molecular complexity index is 1140. The Hall–Kier alpha value is -3.38. The lowest BCUT2D eigenvalue weighted by Crippen LogP contribution is -2.11. The summed E-state index contributed by atoms with van der Waals surface area (Å²) in [5.74, 6) is 0.365. The summed E-state index contributed by atoms with van der Waals surface area (Å²) < 4.78 is 5.33. The smallest absolute Gasteiger partial charge is 0.255 e. The zero-order chi connectivity index (χ0) is 18.8. The second-order valence-corrected chi connectivity index (χ2v) is 6.28. The average molecular weight is 379 g/mol. The van der Waals surface area contributed by atoms with Crippen molar-refractivity contribution in [2.75, 3.05) is 12.4 Å². The van der Waals surface area contributed by atoms with Crippen molar-refractivity contribution in [3.05, 3.63) is 71.5 Å². The van der Waals surface area contributed by atoms with E-state index < -0.39 is 0 Å². The normalized spacial score (nSPS) is 10.7. The van der Waals surface area contributed by atoms with Gasteiger partial charge in [0.2, 0.25) is 0 Å². The number of carbonyl (C=O) groups excluding carboxylic acids is 1. The molecule has 0 saturated heterocycles. The number of pyridine rings is 1. The number of halogens is 1. The number of nitrogens with zero attached hydrogens (tertiary/aromatic N) is 2. The lowest BCUT2D eigenvalue weighted by atomic mass is 10.1. The van der Waals surface area contributed by atoms with E-state index in [0.717, 1.165) is 10.9 Å². The molecule has 7 heteroatoms. The van der Waals surface area contributed by atoms with Crippen molar-refractivity contribution in [2.45, 2.75) is 0 Å². The van der Waals surface area contributed by atoms with Crippen LogP contribution in [0.5, 0.6) is 5.75 Å². The molecule has 6 nitrogen and oxygen atoms in total. The number of carbonyl (C=O) groups is 1. The first-order valence-electron chi connectivity index (χ1n) is 8.19. The number of benzene rings is 2. The van der Waals surface area contributed by atoms with E-state index in [1.165, 1.54) is 0 Å². The molecule has 0 spiro atoms. The molecule has 0 radical (unpaired) electrons. The van der Waals surface area contributed by atoms with Gasteiger partial charge in [-0.1, -0.05) is 17.7 Å². The van der Waals surface area contributed by atoms with Crippen LogP contribution >= 0.6 is 11.6 Å². The van der Waals surface area contributed by atoms with Crippen LogP contribution in [0, 0.1) is 0 Å². The number of methoxy groups -OCH3 is 1. The van der Waals surface area contributed by atoms with E-state index in [9.17, 15) is 4.79 Å². The molecule has 2 aromatic heterocycles. The molecule has 2 N–H and O–H groups in total. The number of rotatable bonds is 4. The van der Waals surface area contributed by atoms with Crippen LogP contribution in [-0.4, -0.2) is 28.2 Å².